The molecule has 166 valence electrons. The number of rotatable bonds is 4. The third-order valence-corrected chi connectivity index (χ3v) is 11.2. The second-order valence-electron chi connectivity index (χ2n) is 10.2. The molecule has 7 nitrogen and oxygen atoms in total. The predicted molar refractivity (Wildman–Crippen MR) is 118 cm³/mol. The van der Waals surface area contributed by atoms with Gasteiger partial charge in [-0.05, 0) is 45.0 Å². The number of aromatic nitrogens is 3. The summed E-state index contributed by atoms with van der Waals surface area (Å²) in [5, 5.41) is 1.35. The van der Waals surface area contributed by atoms with Crippen LogP contribution >= 0.6 is 11.6 Å². The molecule has 4 rings (SSSR count). The number of halogens is 1. The minimum absolute atomic E-state index is 0.124. The van der Waals surface area contributed by atoms with Crippen LogP contribution in [0.15, 0.2) is 12.3 Å². The van der Waals surface area contributed by atoms with Crippen LogP contribution in [0.1, 0.15) is 46.7 Å². The smallest absolute Gasteiger partial charge is 0.192 e. The van der Waals surface area contributed by atoms with E-state index in [1.165, 1.54) is 0 Å². The largest absolute Gasteiger partial charge is 0.414 e. The Kier molecular flexibility index (Phi) is 5.36. The first-order valence-corrected chi connectivity index (χ1v) is 13.7. The molecule has 2 aromatic rings. The van der Waals surface area contributed by atoms with Gasteiger partial charge in [-0.15, -0.1) is 0 Å². The van der Waals surface area contributed by atoms with E-state index in [9.17, 15) is 0 Å². The molecule has 0 unspecified atom stereocenters. The van der Waals surface area contributed by atoms with E-state index in [1.807, 2.05) is 37.6 Å². The van der Waals surface area contributed by atoms with E-state index in [0.29, 0.717) is 17.6 Å². The summed E-state index contributed by atoms with van der Waals surface area (Å²) in [6.45, 7) is 17.4. The average Bonchev–Trinajstić information content (AvgIpc) is 3.23. The van der Waals surface area contributed by atoms with Crippen molar-refractivity contribution in [1.82, 2.24) is 14.5 Å². The molecular formula is C21H32ClN3O4Si. The van der Waals surface area contributed by atoms with Crippen molar-refractivity contribution in [3.05, 3.63) is 23.2 Å². The Bertz CT molecular complexity index is 956. The van der Waals surface area contributed by atoms with Gasteiger partial charge in [-0.3, -0.25) is 0 Å². The van der Waals surface area contributed by atoms with Gasteiger partial charge in [-0.25, -0.2) is 9.97 Å². The van der Waals surface area contributed by atoms with E-state index in [2.05, 4.69) is 43.8 Å². The van der Waals surface area contributed by atoms with Crippen LogP contribution in [0.5, 0.6) is 0 Å². The Balaban J connectivity index is 1.64. The minimum Gasteiger partial charge on any atom is -0.414 e. The van der Waals surface area contributed by atoms with Gasteiger partial charge in [0.25, 0.3) is 0 Å². The Morgan fingerprint density at radius 3 is 2.53 bits per heavy atom. The molecule has 0 amide bonds. The summed E-state index contributed by atoms with van der Waals surface area (Å²) in [4.78, 5) is 8.86. The average molecular weight is 454 g/mol. The fourth-order valence-corrected chi connectivity index (χ4v) is 5.11. The van der Waals surface area contributed by atoms with Gasteiger partial charge in [0.15, 0.2) is 20.3 Å². The highest BCUT2D eigenvalue weighted by molar-refractivity contribution is 6.74. The Labute approximate surface area is 184 Å². The molecular weight excluding hydrogens is 422 g/mol. The summed E-state index contributed by atoms with van der Waals surface area (Å²) in [6, 6.07) is 1.91. The van der Waals surface area contributed by atoms with Crippen LogP contribution in [-0.4, -0.2) is 53.6 Å². The lowest BCUT2D eigenvalue weighted by molar-refractivity contribution is -0.199. The van der Waals surface area contributed by atoms with Crippen molar-refractivity contribution in [3.8, 4) is 0 Å². The number of aryl methyl sites for hydroxylation is 1. The van der Waals surface area contributed by atoms with Crippen LogP contribution in [0.2, 0.25) is 23.3 Å². The Hall–Kier alpha value is -1.03. The first-order chi connectivity index (χ1) is 13.8. The zero-order chi connectivity index (χ0) is 22.1. The van der Waals surface area contributed by atoms with Crippen molar-refractivity contribution in [2.75, 3.05) is 6.61 Å². The molecule has 2 fully saturated rings. The standard InChI is InChI=1S/C21H32ClN3O4Si/c1-12-23-17(22)13-9-10-25(18(13)24-12)19-16-15(28-21(5,6)29-16)14(27-19)11-26-30(7,8)20(2,3)4/h9-10,14-16,19H,11H2,1-8H3/t14-,15-,16-,19-/m1/s1. The second kappa shape index (κ2) is 7.25. The first kappa shape index (κ1) is 22.2. The summed E-state index contributed by atoms with van der Waals surface area (Å²) in [7, 11) is -1.92. The van der Waals surface area contributed by atoms with Crippen LogP contribution in [0.4, 0.5) is 0 Å². The Morgan fingerprint density at radius 2 is 1.87 bits per heavy atom. The van der Waals surface area contributed by atoms with Gasteiger partial charge in [-0.1, -0.05) is 32.4 Å². The van der Waals surface area contributed by atoms with Crippen LogP contribution < -0.4 is 0 Å². The van der Waals surface area contributed by atoms with Crippen molar-refractivity contribution in [1.29, 1.82) is 0 Å². The maximum atomic E-state index is 6.47. The number of hydrogen-bond donors (Lipinski definition) is 0. The van der Waals surface area contributed by atoms with Crippen molar-refractivity contribution < 1.29 is 18.6 Å². The predicted octanol–water partition coefficient (Wildman–Crippen LogP) is 4.83. The molecule has 0 spiro atoms. The SMILES string of the molecule is Cc1nc(Cl)c2ccn([C@@H]3O[C@H](CO[Si](C)(C)C(C)(C)C)[C@H]4OC(C)(C)O[C@H]43)c2n1. The molecule has 0 aromatic carbocycles. The molecule has 0 bridgehead atoms. The van der Waals surface area contributed by atoms with E-state index in [-0.39, 0.29) is 29.6 Å². The van der Waals surface area contributed by atoms with Crippen molar-refractivity contribution in [3.63, 3.8) is 0 Å². The van der Waals surface area contributed by atoms with E-state index in [0.717, 1.165) is 11.0 Å². The quantitative estimate of drug-likeness (QED) is 0.487. The highest BCUT2D eigenvalue weighted by Gasteiger charge is 2.56. The van der Waals surface area contributed by atoms with E-state index < -0.39 is 14.1 Å². The molecule has 2 aliphatic rings. The summed E-state index contributed by atoms with van der Waals surface area (Å²) < 4.78 is 27.4. The van der Waals surface area contributed by atoms with Crippen LogP contribution in [0.25, 0.3) is 11.0 Å². The van der Waals surface area contributed by atoms with Gasteiger partial charge in [0.2, 0.25) is 0 Å². The normalized spacial score (nSPS) is 29.0. The van der Waals surface area contributed by atoms with Crippen molar-refractivity contribution in [2.24, 2.45) is 0 Å². The third kappa shape index (κ3) is 3.82. The number of nitrogens with zero attached hydrogens (tertiary/aromatic N) is 3. The molecule has 4 atom stereocenters. The zero-order valence-electron chi connectivity index (χ0n) is 19.0. The van der Waals surface area contributed by atoms with E-state index in [1.54, 1.807) is 0 Å². The summed E-state index contributed by atoms with van der Waals surface area (Å²) in [5.41, 5.74) is 0.732. The van der Waals surface area contributed by atoms with Gasteiger partial charge in [0.05, 0.1) is 12.0 Å². The molecule has 2 aliphatic heterocycles. The highest BCUT2D eigenvalue weighted by atomic mass is 35.5. The van der Waals surface area contributed by atoms with Gasteiger partial charge in [0, 0.05) is 6.20 Å². The lowest BCUT2D eigenvalue weighted by Gasteiger charge is -2.37. The number of ether oxygens (including phenoxy) is 3. The zero-order valence-corrected chi connectivity index (χ0v) is 20.8. The van der Waals surface area contributed by atoms with Gasteiger partial charge in [0.1, 0.15) is 34.9 Å². The van der Waals surface area contributed by atoms with E-state index >= 15 is 0 Å². The van der Waals surface area contributed by atoms with Crippen LogP contribution in [0.3, 0.4) is 0 Å². The number of hydrogen-bond acceptors (Lipinski definition) is 6. The van der Waals surface area contributed by atoms with Crippen LogP contribution in [-0.2, 0) is 18.6 Å². The summed E-state index contributed by atoms with van der Waals surface area (Å²) in [6.07, 6.45) is 0.834. The summed E-state index contributed by atoms with van der Waals surface area (Å²) >= 11 is 6.33. The second-order valence-corrected chi connectivity index (χ2v) is 15.4. The molecule has 2 aromatic heterocycles. The molecule has 0 radical (unpaired) electrons. The molecule has 4 heterocycles. The molecule has 9 heteroatoms. The highest BCUT2D eigenvalue weighted by Crippen LogP contribution is 2.45. The third-order valence-electron chi connectivity index (χ3n) is 6.45. The topological polar surface area (TPSA) is 67.6 Å². The van der Waals surface area contributed by atoms with Gasteiger partial charge in [-0.2, -0.15) is 0 Å². The Morgan fingerprint density at radius 1 is 1.20 bits per heavy atom. The molecule has 0 N–H and O–H groups in total. The summed E-state index contributed by atoms with van der Waals surface area (Å²) in [5.74, 6) is -0.0679. The molecule has 0 saturated carbocycles. The molecule has 30 heavy (non-hydrogen) atoms. The van der Waals surface area contributed by atoms with Gasteiger partial charge >= 0.3 is 0 Å². The van der Waals surface area contributed by atoms with Crippen molar-refractivity contribution in [2.45, 2.75) is 90.0 Å². The fourth-order valence-electron chi connectivity index (χ4n) is 3.83. The lowest BCUT2D eigenvalue weighted by atomic mass is 10.1. The fraction of sp³-hybridized carbons (Fsp3) is 0.714. The number of fused-ring (bicyclic) bond motifs is 2. The lowest BCUT2D eigenvalue weighted by Crippen LogP contribution is -2.44. The van der Waals surface area contributed by atoms with Crippen LogP contribution in [0, 0.1) is 6.92 Å². The monoisotopic (exact) mass is 453 g/mol. The molecule has 2 saturated heterocycles. The first-order valence-electron chi connectivity index (χ1n) is 10.4. The van der Waals surface area contributed by atoms with E-state index in [4.69, 9.17) is 30.2 Å². The molecule has 0 aliphatic carbocycles. The van der Waals surface area contributed by atoms with Crippen molar-refractivity contribution >= 4 is 31.0 Å². The van der Waals surface area contributed by atoms with Gasteiger partial charge < -0.3 is 23.2 Å². The maximum Gasteiger partial charge on any atom is 0.192 e. The minimum atomic E-state index is -1.92. The maximum absolute atomic E-state index is 6.47.